The van der Waals surface area contributed by atoms with Crippen LogP contribution in [0.15, 0.2) is 218 Å². The third kappa shape index (κ3) is 5.60. The van der Waals surface area contributed by atoms with Gasteiger partial charge in [0.05, 0.1) is 33.3 Å². The number of nitrogens with zero attached hydrogens (tertiary/aromatic N) is 4. The molecule has 0 bridgehead atoms. The number of rotatable bonds is 5. The third-order valence-electron chi connectivity index (χ3n) is 14.5. The van der Waals surface area contributed by atoms with Crippen molar-refractivity contribution < 1.29 is 0 Å². The van der Waals surface area contributed by atoms with Crippen molar-refractivity contribution in [1.82, 2.24) is 19.1 Å². The van der Waals surface area contributed by atoms with Crippen LogP contribution in [0.5, 0.6) is 0 Å². The van der Waals surface area contributed by atoms with E-state index in [9.17, 15) is 0 Å². The molecule has 0 saturated carbocycles. The lowest BCUT2D eigenvalue weighted by Gasteiger charge is -2.21. The topological polar surface area (TPSA) is 35.6 Å². The Bertz CT molecular complexity index is 4170. The highest BCUT2D eigenvalue weighted by Crippen LogP contribution is 2.49. The minimum Gasteiger partial charge on any atom is -0.309 e. The molecule has 3 heterocycles. The molecule has 0 fully saturated rings. The van der Waals surface area contributed by atoms with Gasteiger partial charge in [0.25, 0.3) is 0 Å². The minimum atomic E-state index is -0.0739. The molecule has 0 aliphatic heterocycles. The third-order valence-corrected chi connectivity index (χ3v) is 14.5. The van der Waals surface area contributed by atoms with Crippen LogP contribution in [0.25, 0.3) is 122 Å². The van der Waals surface area contributed by atoms with Gasteiger partial charge < -0.3 is 9.13 Å². The van der Waals surface area contributed by atoms with E-state index >= 15 is 0 Å². The molecule has 0 radical (unpaired) electrons. The van der Waals surface area contributed by atoms with Gasteiger partial charge in [-0.05, 0) is 105 Å². The predicted molar refractivity (Wildman–Crippen MR) is 280 cm³/mol. The molecule has 0 saturated heterocycles. The van der Waals surface area contributed by atoms with E-state index < -0.39 is 0 Å². The Hall–Kier alpha value is -8.60. The summed E-state index contributed by atoms with van der Waals surface area (Å²) in [6.45, 7) is 4.64. The standard InChI is InChI=1S/C63H42N4/c1-63(2)54-21-11-8-18-47(54)52-37-43(28-34-55(52)63)62-64-60(51-33-26-39-14-6-7-17-46(39)61(51)65-62)40-24-30-45(31-25-40)67-56-22-12-9-19-48(56)50-32-27-42(38-59(50)67)41-29-35-58-53(36-41)49-20-10-13-23-57(49)66(58)44-15-4-3-5-16-44/h3-38H,1-2H3. The largest absolute Gasteiger partial charge is 0.309 e. The molecule has 0 N–H and O–H groups in total. The van der Waals surface area contributed by atoms with E-state index in [-0.39, 0.29) is 5.41 Å². The normalized spacial score (nSPS) is 13.0. The molecule has 0 spiro atoms. The fourth-order valence-corrected chi connectivity index (χ4v) is 11.3. The number of aromatic nitrogens is 4. The summed E-state index contributed by atoms with van der Waals surface area (Å²) in [7, 11) is 0. The molecule has 1 aliphatic rings. The summed E-state index contributed by atoms with van der Waals surface area (Å²) in [6.07, 6.45) is 0. The van der Waals surface area contributed by atoms with Crippen LogP contribution in [-0.2, 0) is 5.41 Å². The first kappa shape index (κ1) is 37.7. The zero-order valence-electron chi connectivity index (χ0n) is 37.1. The Morgan fingerprint density at radius 2 is 0.910 bits per heavy atom. The summed E-state index contributed by atoms with van der Waals surface area (Å²) in [5.41, 5.74) is 18.5. The number of para-hydroxylation sites is 3. The van der Waals surface area contributed by atoms with Crippen LogP contribution in [0.2, 0.25) is 0 Å². The first-order valence-electron chi connectivity index (χ1n) is 23.2. The van der Waals surface area contributed by atoms with Gasteiger partial charge in [0, 0.05) is 60.2 Å². The van der Waals surface area contributed by atoms with Gasteiger partial charge in [-0.2, -0.15) is 0 Å². The van der Waals surface area contributed by atoms with Crippen LogP contribution < -0.4 is 0 Å². The SMILES string of the molecule is CC1(C)c2ccccc2-c2cc(-c3nc(-c4ccc(-n5c6ccccc6c6ccc(-c7ccc8c(c7)c7ccccc7n8-c7ccccc7)cc65)cc4)c4ccc5ccccc5c4n3)ccc21. The maximum atomic E-state index is 5.44. The average Bonchev–Trinajstić information content (AvgIpc) is 3.98. The monoisotopic (exact) mass is 854 g/mol. The molecule has 0 unspecified atom stereocenters. The smallest absolute Gasteiger partial charge is 0.160 e. The van der Waals surface area contributed by atoms with E-state index in [0.717, 1.165) is 55.7 Å². The van der Waals surface area contributed by atoms with Crippen molar-refractivity contribution in [3.63, 3.8) is 0 Å². The van der Waals surface area contributed by atoms with Gasteiger partial charge in [-0.1, -0.05) is 166 Å². The fraction of sp³-hybridized carbons (Fsp3) is 0.0476. The molecule has 1 aliphatic carbocycles. The van der Waals surface area contributed by atoms with E-state index in [0.29, 0.717) is 0 Å². The second-order valence-electron chi connectivity index (χ2n) is 18.6. The second kappa shape index (κ2) is 14.2. The van der Waals surface area contributed by atoms with Crippen LogP contribution >= 0.6 is 0 Å². The molecule has 67 heavy (non-hydrogen) atoms. The van der Waals surface area contributed by atoms with Gasteiger partial charge in [0.1, 0.15) is 0 Å². The Kier molecular flexibility index (Phi) is 8.00. The molecule has 14 rings (SSSR count). The van der Waals surface area contributed by atoms with E-state index in [1.807, 2.05) is 0 Å². The Morgan fingerprint density at radius 1 is 0.343 bits per heavy atom. The van der Waals surface area contributed by atoms with Gasteiger partial charge in [0.2, 0.25) is 0 Å². The van der Waals surface area contributed by atoms with Crippen LogP contribution in [0.1, 0.15) is 25.0 Å². The molecule has 3 aromatic heterocycles. The molecule has 0 atom stereocenters. The van der Waals surface area contributed by atoms with Crippen molar-refractivity contribution in [3.05, 3.63) is 230 Å². The minimum absolute atomic E-state index is 0.0739. The van der Waals surface area contributed by atoms with E-state index in [1.54, 1.807) is 0 Å². The number of hydrogen-bond donors (Lipinski definition) is 0. The maximum absolute atomic E-state index is 5.44. The number of hydrogen-bond acceptors (Lipinski definition) is 2. The molecule has 314 valence electrons. The van der Waals surface area contributed by atoms with Crippen LogP contribution in [0, 0.1) is 0 Å². The van der Waals surface area contributed by atoms with Crippen molar-refractivity contribution >= 4 is 65.3 Å². The summed E-state index contributed by atoms with van der Waals surface area (Å²) in [5.74, 6) is 0.727. The summed E-state index contributed by atoms with van der Waals surface area (Å²) in [5, 5.41) is 8.26. The predicted octanol–water partition coefficient (Wildman–Crippen LogP) is 16.3. The molecule has 10 aromatic carbocycles. The number of fused-ring (bicyclic) bond motifs is 12. The molecular weight excluding hydrogens is 813 g/mol. The lowest BCUT2D eigenvalue weighted by atomic mass is 9.82. The van der Waals surface area contributed by atoms with E-state index in [1.165, 1.54) is 77.0 Å². The van der Waals surface area contributed by atoms with E-state index in [4.69, 9.17) is 9.97 Å². The van der Waals surface area contributed by atoms with Crippen molar-refractivity contribution in [2.75, 3.05) is 0 Å². The molecule has 4 nitrogen and oxygen atoms in total. The van der Waals surface area contributed by atoms with Gasteiger partial charge in [0.15, 0.2) is 5.82 Å². The highest BCUT2D eigenvalue weighted by Gasteiger charge is 2.35. The lowest BCUT2D eigenvalue weighted by Crippen LogP contribution is -2.14. The van der Waals surface area contributed by atoms with Crippen LogP contribution in [-0.4, -0.2) is 19.1 Å². The maximum Gasteiger partial charge on any atom is 0.160 e. The Balaban J connectivity index is 0.910. The van der Waals surface area contributed by atoms with Gasteiger partial charge in [-0.25, -0.2) is 9.97 Å². The van der Waals surface area contributed by atoms with Crippen molar-refractivity contribution in [2.24, 2.45) is 0 Å². The zero-order valence-corrected chi connectivity index (χ0v) is 37.1. The second-order valence-corrected chi connectivity index (χ2v) is 18.6. The summed E-state index contributed by atoms with van der Waals surface area (Å²) in [4.78, 5) is 10.8. The highest BCUT2D eigenvalue weighted by atomic mass is 15.0. The summed E-state index contributed by atoms with van der Waals surface area (Å²) >= 11 is 0. The zero-order chi connectivity index (χ0) is 44.4. The Labute approximate surface area is 387 Å². The average molecular weight is 855 g/mol. The van der Waals surface area contributed by atoms with Crippen molar-refractivity contribution in [2.45, 2.75) is 19.3 Å². The van der Waals surface area contributed by atoms with Gasteiger partial charge in [-0.15, -0.1) is 0 Å². The molecule has 0 amide bonds. The quantitative estimate of drug-likeness (QED) is 0.162. The van der Waals surface area contributed by atoms with Crippen molar-refractivity contribution in [1.29, 1.82) is 0 Å². The fourth-order valence-electron chi connectivity index (χ4n) is 11.3. The lowest BCUT2D eigenvalue weighted by molar-refractivity contribution is 0.660. The summed E-state index contributed by atoms with van der Waals surface area (Å²) in [6, 6.07) is 79.5. The van der Waals surface area contributed by atoms with Gasteiger partial charge in [-0.3, -0.25) is 0 Å². The van der Waals surface area contributed by atoms with Crippen LogP contribution in [0.3, 0.4) is 0 Å². The van der Waals surface area contributed by atoms with Gasteiger partial charge >= 0.3 is 0 Å². The first-order valence-corrected chi connectivity index (χ1v) is 23.2. The first-order chi connectivity index (χ1) is 33.0. The van der Waals surface area contributed by atoms with Crippen LogP contribution in [0.4, 0.5) is 0 Å². The summed E-state index contributed by atoms with van der Waals surface area (Å²) < 4.78 is 4.79. The number of benzene rings is 10. The van der Waals surface area contributed by atoms with E-state index in [2.05, 4.69) is 241 Å². The Morgan fingerprint density at radius 3 is 1.73 bits per heavy atom. The highest BCUT2D eigenvalue weighted by molar-refractivity contribution is 6.13. The molecule has 4 heteroatoms. The van der Waals surface area contributed by atoms with Crippen molar-refractivity contribution in [3.8, 4) is 56.3 Å². The molecule has 13 aromatic rings. The molecular formula is C63H42N4.